The summed E-state index contributed by atoms with van der Waals surface area (Å²) < 4.78 is 0. The predicted octanol–water partition coefficient (Wildman–Crippen LogP) is 2.20. The molecule has 0 spiro atoms. The molecule has 1 aliphatic rings. The second kappa shape index (κ2) is 4.86. The van der Waals surface area contributed by atoms with Crippen LogP contribution < -0.4 is 5.32 Å². The highest BCUT2D eigenvalue weighted by Crippen LogP contribution is 2.24. The molecule has 0 aromatic heterocycles. The van der Waals surface area contributed by atoms with Crippen molar-refractivity contribution < 1.29 is 14.7 Å². The number of carboxylic acids is 1. The number of carboxylic acid groups (broad SMARTS) is 1. The molecule has 1 aliphatic heterocycles. The molecule has 1 aromatic rings. The fourth-order valence-electron chi connectivity index (χ4n) is 1.72. The molecule has 6 heteroatoms. The number of aryl methyl sites for hydroxylation is 1. The van der Waals surface area contributed by atoms with Crippen LogP contribution in [0.25, 0.3) is 0 Å². The molecule has 2 N–H and O–H groups in total. The Morgan fingerprint density at radius 3 is 2.67 bits per heavy atom. The number of amides is 2. The van der Waals surface area contributed by atoms with Crippen molar-refractivity contribution in [3.63, 3.8) is 0 Å². The highest BCUT2D eigenvalue weighted by molar-refractivity contribution is 6.33. The summed E-state index contributed by atoms with van der Waals surface area (Å²) in [7, 11) is 0. The van der Waals surface area contributed by atoms with E-state index < -0.39 is 11.9 Å². The summed E-state index contributed by atoms with van der Waals surface area (Å²) in [5, 5.41) is 11.8. The van der Waals surface area contributed by atoms with E-state index in [2.05, 4.69) is 5.32 Å². The molecule has 1 fully saturated rings. The van der Waals surface area contributed by atoms with Gasteiger partial charge in [-0.25, -0.2) is 4.79 Å². The largest absolute Gasteiger partial charge is 0.481 e. The van der Waals surface area contributed by atoms with Gasteiger partial charge < -0.3 is 15.3 Å². The Bertz CT molecular complexity index is 498. The molecule has 1 saturated heterocycles. The van der Waals surface area contributed by atoms with Gasteiger partial charge in [-0.2, -0.15) is 0 Å². The molecule has 0 unspecified atom stereocenters. The molecule has 1 aromatic carbocycles. The smallest absolute Gasteiger partial charge is 0.321 e. The van der Waals surface area contributed by atoms with Crippen molar-refractivity contribution in [2.24, 2.45) is 5.92 Å². The summed E-state index contributed by atoms with van der Waals surface area (Å²) in [6, 6.07) is 5.01. The van der Waals surface area contributed by atoms with Gasteiger partial charge >= 0.3 is 12.0 Å². The van der Waals surface area contributed by atoms with Crippen molar-refractivity contribution in [3.8, 4) is 0 Å². The molecular weight excluding hydrogens is 256 g/mol. The van der Waals surface area contributed by atoms with E-state index in [1.165, 1.54) is 4.90 Å². The Labute approximate surface area is 109 Å². The third-order valence-electron chi connectivity index (χ3n) is 2.88. The van der Waals surface area contributed by atoms with Crippen molar-refractivity contribution in [3.05, 3.63) is 28.8 Å². The minimum atomic E-state index is -0.868. The molecular formula is C12H13ClN2O3. The van der Waals surface area contributed by atoms with E-state index in [1.807, 2.05) is 13.0 Å². The molecule has 0 bridgehead atoms. The van der Waals surface area contributed by atoms with Gasteiger partial charge in [0.2, 0.25) is 0 Å². The number of anilines is 1. The monoisotopic (exact) mass is 268 g/mol. The number of carbonyl (C=O) groups excluding carboxylic acids is 1. The lowest BCUT2D eigenvalue weighted by molar-refractivity contribution is -0.145. The molecule has 0 radical (unpaired) electrons. The van der Waals surface area contributed by atoms with Gasteiger partial charge in [0, 0.05) is 13.1 Å². The van der Waals surface area contributed by atoms with Crippen LogP contribution in [0.1, 0.15) is 5.56 Å². The molecule has 2 amide bonds. The number of rotatable bonds is 2. The number of nitrogens with one attached hydrogen (secondary N) is 1. The van der Waals surface area contributed by atoms with Crippen LogP contribution in [0, 0.1) is 12.8 Å². The number of hydrogen-bond donors (Lipinski definition) is 2. The number of aliphatic carboxylic acids is 1. The van der Waals surface area contributed by atoms with Crippen molar-refractivity contribution in [2.75, 3.05) is 18.4 Å². The number of carbonyl (C=O) groups is 2. The van der Waals surface area contributed by atoms with Gasteiger partial charge in [0.05, 0.1) is 16.6 Å². The minimum Gasteiger partial charge on any atom is -0.481 e. The van der Waals surface area contributed by atoms with Crippen LogP contribution in [0.4, 0.5) is 10.5 Å². The highest BCUT2D eigenvalue weighted by Gasteiger charge is 2.35. The first-order valence-electron chi connectivity index (χ1n) is 5.52. The average molecular weight is 269 g/mol. The first-order chi connectivity index (χ1) is 8.47. The summed E-state index contributed by atoms with van der Waals surface area (Å²) >= 11 is 5.99. The normalized spacial score (nSPS) is 15.1. The van der Waals surface area contributed by atoms with Gasteiger partial charge in [-0.15, -0.1) is 0 Å². The molecule has 0 saturated carbocycles. The van der Waals surface area contributed by atoms with Crippen LogP contribution in [-0.2, 0) is 4.79 Å². The fraction of sp³-hybridized carbons (Fsp3) is 0.333. The van der Waals surface area contributed by atoms with Crippen LogP contribution in [0.3, 0.4) is 0 Å². The molecule has 0 aliphatic carbocycles. The van der Waals surface area contributed by atoms with Gasteiger partial charge in [0.25, 0.3) is 0 Å². The second-order valence-electron chi connectivity index (χ2n) is 4.35. The summed E-state index contributed by atoms with van der Waals surface area (Å²) in [5.41, 5.74) is 1.54. The number of nitrogens with zero attached hydrogens (tertiary/aromatic N) is 1. The maximum atomic E-state index is 11.8. The van der Waals surface area contributed by atoms with E-state index in [0.717, 1.165) is 5.56 Å². The number of benzene rings is 1. The first-order valence-corrected chi connectivity index (χ1v) is 5.90. The maximum absolute atomic E-state index is 11.8. The standard InChI is InChI=1S/C12H13ClN2O3/c1-7-2-3-10(9(13)4-7)14-12(18)15-5-8(6-15)11(16)17/h2-4,8H,5-6H2,1H3,(H,14,18)(H,16,17). The van der Waals surface area contributed by atoms with E-state index in [-0.39, 0.29) is 19.1 Å². The van der Waals surface area contributed by atoms with Gasteiger partial charge in [-0.05, 0) is 24.6 Å². The summed E-state index contributed by atoms with van der Waals surface area (Å²) in [6.07, 6.45) is 0. The SMILES string of the molecule is Cc1ccc(NC(=O)N2CC(C(=O)O)C2)c(Cl)c1. The van der Waals surface area contributed by atoms with Crippen molar-refractivity contribution in [2.45, 2.75) is 6.92 Å². The van der Waals surface area contributed by atoms with E-state index in [4.69, 9.17) is 16.7 Å². The number of urea groups is 1. The third-order valence-corrected chi connectivity index (χ3v) is 3.20. The first kappa shape index (κ1) is 12.7. The number of likely N-dealkylation sites (tertiary alicyclic amines) is 1. The van der Waals surface area contributed by atoms with Crippen molar-refractivity contribution >= 4 is 29.3 Å². The second-order valence-corrected chi connectivity index (χ2v) is 4.76. The predicted molar refractivity (Wildman–Crippen MR) is 67.9 cm³/mol. The zero-order valence-corrected chi connectivity index (χ0v) is 10.6. The highest BCUT2D eigenvalue weighted by atomic mass is 35.5. The van der Waals surface area contributed by atoms with Crippen LogP contribution >= 0.6 is 11.6 Å². The van der Waals surface area contributed by atoms with E-state index >= 15 is 0 Å². The quantitative estimate of drug-likeness (QED) is 0.864. The Hall–Kier alpha value is -1.75. The lowest BCUT2D eigenvalue weighted by atomic mass is 10.0. The minimum absolute atomic E-state index is 0.241. The zero-order chi connectivity index (χ0) is 13.3. The number of hydrogen-bond acceptors (Lipinski definition) is 2. The van der Waals surface area contributed by atoms with Crippen molar-refractivity contribution in [1.82, 2.24) is 4.90 Å². The Morgan fingerprint density at radius 2 is 2.11 bits per heavy atom. The molecule has 18 heavy (non-hydrogen) atoms. The van der Waals surface area contributed by atoms with Crippen LogP contribution in [0.5, 0.6) is 0 Å². The average Bonchev–Trinajstić information content (AvgIpc) is 2.19. The summed E-state index contributed by atoms with van der Waals surface area (Å²) in [5.74, 6) is -1.32. The summed E-state index contributed by atoms with van der Waals surface area (Å²) in [6.45, 7) is 2.39. The molecule has 96 valence electrons. The Balaban J connectivity index is 1.94. The Kier molecular flexibility index (Phi) is 3.43. The van der Waals surface area contributed by atoms with Gasteiger partial charge in [0.1, 0.15) is 0 Å². The summed E-state index contributed by atoms with van der Waals surface area (Å²) in [4.78, 5) is 23.8. The fourth-order valence-corrected chi connectivity index (χ4v) is 2.00. The lowest BCUT2D eigenvalue weighted by Crippen LogP contribution is -2.54. The molecule has 1 heterocycles. The van der Waals surface area contributed by atoms with E-state index in [9.17, 15) is 9.59 Å². The topological polar surface area (TPSA) is 69.6 Å². The molecule has 0 atom stereocenters. The van der Waals surface area contributed by atoms with Gasteiger partial charge in [-0.1, -0.05) is 17.7 Å². The van der Waals surface area contributed by atoms with Gasteiger partial charge in [-0.3, -0.25) is 4.79 Å². The maximum Gasteiger partial charge on any atom is 0.321 e. The molecule has 2 rings (SSSR count). The van der Waals surface area contributed by atoms with E-state index in [0.29, 0.717) is 10.7 Å². The van der Waals surface area contributed by atoms with Crippen LogP contribution in [-0.4, -0.2) is 35.1 Å². The Morgan fingerprint density at radius 1 is 1.44 bits per heavy atom. The van der Waals surface area contributed by atoms with E-state index in [1.54, 1.807) is 12.1 Å². The van der Waals surface area contributed by atoms with Crippen molar-refractivity contribution in [1.29, 1.82) is 0 Å². The van der Waals surface area contributed by atoms with Crippen LogP contribution in [0.15, 0.2) is 18.2 Å². The van der Waals surface area contributed by atoms with Gasteiger partial charge in [0.15, 0.2) is 0 Å². The third kappa shape index (κ3) is 2.56. The number of halogens is 1. The lowest BCUT2D eigenvalue weighted by Gasteiger charge is -2.36. The zero-order valence-electron chi connectivity index (χ0n) is 9.81. The van der Waals surface area contributed by atoms with Crippen LogP contribution in [0.2, 0.25) is 5.02 Å². The molecule has 5 nitrogen and oxygen atoms in total.